The van der Waals surface area contributed by atoms with Crippen molar-refractivity contribution in [2.75, 3.05) is 6.54 Å². The summed E-state index contributed by atoms with van der Waals surface area (Å²) in [7, 11) is -3.80. The van der Waals surface area contributed by atoms with Gasteiger partial charge in [0.2, 0.25) is 10.0 Å². The largest absolute Gasteiger partial charge is 0.446 e. The van der Waals surface area contributed by atoms with E-state index in [1.54, 1.807) is 13.1 Å². The highest BCUT2D eigenvalue weighted by Gasteiger charge is 2.17. The monoisotopic (exact) mass is 311 g/mol. The number of sulfonamides is 1. The first-order valence-electron chi connectivity index (χ1n) is 6.04. The van der Waals surface area contributed by atoms with Gasteiger partial charge in [0.15, 0.2) is 5.89 Å². The van der Waals surface area contributed by atoms with Crippen molar-refractivity contribution in [1.82, 2.24) is 9.71 Å². The van der Waals surface area contributed by atoms with Crippen LogP contribution in [0.3, 0.4) is 0 Å². The minimum absolute atomic E-state index is 0.0883. The van der Waals surface area contributed by atoms with Gasteiger partial charge in [-0.2, -0.15) is 0 Å². The summed E-state index contributed by atoms with van der Waals surface area (Å²) < 4.78 is 31.6. The summed E-state index contributed by atoms with van der Waals surface area (Å²) >= 11 is 0. The summed E-state index contributed by atoms with van der Waals surface area (Å²) in [4.78, 5) is 13.8. The van der Waals surface area contributed by atoms with Gasteiger partial charge in [-0.15, -0.1) is 0 Å². The van der Waals surface area contributed by atoms with Gasteiger partial charge in [-0.05, 0) is 13.0 Å². The molecule has 0 amide bonds. The van der Waals surface area contributed by atoms with E-state index in [-0.39, 0.29) is 17.1 Å². The fourth-order valence-electron chi connectivity index (χ4n) is 1.66. The molecular formula is C12H13N3O5S. The van der Waals surface area contributed by atoms with Crippen LogP contribution in [-0.4, -0.2) is 24.9 Å². The molecule has 0 radical (unpaired) electrons. The number of nitrogens with one attached hydrogen (secondary N) is 1. The first-order valence-corrected chi connectivity index (χ1v) is 7.52. The summed E-state index contributed by atoms with van der Waals surface area (Å²) in [6.07, 6.45) is 1.84. The van der Waals surface area contributed by atoms with Crippen molar-refractivity contribution in [2.24, 2.45) is 0 Å². The number of benzene rings is 1. The van der Waals surface area contributed by atoms with Crippen LogP contribution in [0, 0.1) is 17.0 Å². The maximum Gasteiger partial charge on any atom is 0.270 e. The van der Waals surface area contributed by atoms with E-state index in [9.17, 15) is 18.5 Å². The molecule has 21 heavy (non-hydrogen) atoms. The van der Waals surface area contributed by atoms with E-state index >= 15 is 0 Å². The van der Waals surface area contributed by atoms with E-state index in [2.05, 4.69) is 9.71 Å². The van der Waals surface area contributed by atoms with Crippen LogP contribution >= 0.6 is 0 Å². The van der Waals surface area contributed by atoms with Gasteiger partial charge in [0, 0.05) is 25.1 Å². The lowest BCUT2D eigenvalue weighted by atomic mass is 10.3. The van der Waals surface area contributed by atoms with Gasteiger partial charge in [0.05, 0.1) is 16.0 Å². The summed E-state index contributed by atoms with van der Waals surface area (Å²) in [5, 5.41) is 10.7. The van der Waals surface area contributed by atoms with Crippen molar-refractivity contribution in [1.29, 1.82) is 0 Å². The van der Waals surface area contributed by atoms with Crippen LogP contribution in [0.15, 0.2) is 39.8 Å². The van der Waals surface area contributed by atoms with Crippen LogP contribution in [0.1, 0.15) is 11.7 Å². The third-order valence-electron chi connectivity index (χ3n) is 2.64. The highest BCUT2D eigenvalue weighted by atomic mass is 32.2. The Balaban J connectivity index is 2.04. The highest BCUT2D eigenvalue weighted by molar-refractivity contribution is 7.89. The van der Waals surface area contributed by atoms with Crippen LogP contribution in [0.4, 0.5) is 5.69 Å². The van der Waals surface area contributed by atoms with Gasteiger partial charge in [-0.3, -0.25) is 10.1 Å². The average molecular weight is 311 g/mol. The second kappa shape index (κ2) is 6.02. The molecule has 112 valence electrons. The molecule has 9 heteroatoms. The molecule has 0 atom stereocenters. The normalized spacial score (nSPS) is 11.5. The summed E-state index contributed by atoms with van der Waals surface area (Å²) in [5.74, 6) is 1.07. The zero-order chi connectivity index (χ0) is 15.5. The summed E-state index contributed by atoms with van der Waals surface area (Å²) in [6.45, 7) is 1.83. The van der Waals surface area contributed by atoms with Crippen LogP contribution in [0.25, 0.3) is 0 Å². The first-order chi connectivity index (χ1) is 9.88. The van der Waals surface area contributed by atoms with Gasteiger partial charge < -0.3 is 4.42 Å². The molecule has 1 N–H and O–H groups in total. The van der Waals surface area contributed by atoms with Crippen molar-refractivity contribution in [3.63, 3.8) is 0 Å². The second-order valence-electron chi connectivity index (χ2n) is 4.27. The Morgan fingerprint density at radius 3 is 2.81 bits per heavy atom. The first kappa shape index (κ1) is 15.1. The molecule has 1 aromatic heterocycles. The smallest absolute Gasteiger partial charge is 0.270 e. The molecule has 0 bridgehead atoms. The molecule has 0 aliphatic heterocycles. The zero-order valence-corrected chi connectivity index (χ0v) is 12.0. The van der Waals surface area contributed by atoms with Gasteiger partial charge in [-0.1, -0.05) is 6.07 Å². The number of aromatic nitrogens is 1. The van der Waals surface area contributed by atoms with Crippen molar-refractivity contribution in [3.8, 4) is 0 Å². The van der Waals surface area contributed by atoms with Crippen LogP contribution in [-0.2, 0) is 16.4 Å². The van der Waals surface area contributed by atoms with E-state index in [0.29, 0.717) is 18.1 Å². The number of nitrogens with zero attached hydrogens (tertiary/aromatic N) is 2. The van der Waals surface area contributed by atoms with Crippen molar-refractivity contribution < 1.29 is 17.8 Å². The van der Waals surface area contributed by atoms with E-state index in [1.807, 2.05) is 0 Å². The Bertz CT molecular complexity index is 754. The molecule has 0 aliphatic rings. The highest BCUT2D eigenvalue weighted by Crippen LogP contribution is 2.17. The molecule has 2 rings (SSSR count). The predicted molar refractivity (Wildman–Crippen MR) is 73.2 cm³/mol. The predicted octanol–water partition coefficient (Wildman–Crippen LogP) is 1.41. The molecule has 0 fully saturated rings. The van der Waals surface area contributed by atoms with E-state index in [1.165, 1.54) is 18.2 Å². The maximum absolute atomic E-state index is 12.0. The lowest BCUT2D eigenvalue weighted by Crippen LogP contribution is -2.26. The molecule has 1 aromatic carbocycles. The van der Waals surface area contributed by atoms with Crippen molar-refractivity contribution in [3.05, 3.63) is 52.2 Å². The number of rotatable bonds is 6. The number of hydrogen-bond donors (Lipinski definition) is 1. The van der Waals surface area contributed by atoms with Gasteiger partial charge >= 0.3 is 0 Å². The molecule has 2 aromatic rings. The Labute approximate surface area is 121 Å². The maximum atomic E-state index is 12.0. The van der Waals surface area contributed by atoms with Crippen LogP contribution in [0.5, 0.6) is 0 Å². The Morgan fingerprint density at radius 1 is 1.43 bits per heavy atom. The Hall–Kier alpha value is -2.26. The molecule has 0 saturated heterocycles. The van der Waals surface area contributed by atoms with Gasteiger partial charge in [-0.25, -0.2) is 18.1 Å². The molecular weight excluding hydrogens is 298 g/mol. The zero-order valence-electron chi connectivity index (χ0n) is 11.1. The van der Waals surface area contributed by atoms with E-state index in [4.69, 9.17) is 4.42 Å². The summed E-state index contributed by atoms with van der Waals surface area (Å²) in [6, 6.07) is 4.86. The molecule has 8 nitrogen and oxygen atoms in total. The topological polar surface area (TPSA) is 115 Å². The number of aryl methyl sites for hydroxylation is 1. The molecule has 0 unspecified atom stereocenters. The Kier molecular flexibility index (Phi) is 4.34. The SMILES string of the molecule is Cc1cnc(CCNS(=O)(=O)c2cccc([N+](=O)[O-])c2)o1. The van der Waals surface area contributed by atoms with Crippen molar-refractivity contribution in [2.45, 2.75) is 18.2 Å². The molecule has 1 heterocycles. The fourth-order valence-corrected chi connectivity index (χ4v) is 2.73. The minimum atomic E-state index is -3.80. The van der Waals surface area contributed by atoms with Gasteiger partial charge in [0.1, 0.15) is 5.76 Å². The van der Waals surface area contributed by atoms with Gasteiger partial charge in [0.25, 0.3) is 5.69 Å². The van der Waals surface area contributed by atoms with Crippen LogP contribution in [0.2, 0.25) is 0 Å². The second-order valence-corrected chi connectivity index (χ2v) is 6.03. The standard InChI is InChI=1S/C12H13N3O5S/c1-9-8-13-12(20-9)5-6-14-21(18,19)11-4-2-3-10(7-11)15(16)17/h2-4,7-8,14H,5-6H2,1H3. The van der Waals surface area contributed by atoms with Crippen LogP contribution < -0.4 is 4.72 Å². The summed E-state index contributed by atoms with van der Waals surface area (Å²) in [5.41, 5.74) is -0.277. The molecule has 0 aliphatic carbocycles. The number of nitro benzene ring substituents is 1. The minimum Gasteiger partial charge on any atom is -0.446 e. The molecule has 0 saturated carbocycles. The third kappa shape index (κ3) is 3.86. The Morgan fingerprint density at radius 2 is 2.19 bits per heavy atom. The average Bonchev–Trinajstić information content (AvgIpc) is 2.84. The molecule has 0 spiro atoms. The fraction of sp³-hybridized carbons (Fsp3) is 0.250. The third-order valence-corrected chi connectivity index (χ3v) is 4.10. The lowest BCUT2D eigenvalue weighted by Gasteiger charge is -2.05. The number of nitro groups is 1. The lowest BCUT2D eigenvalue weighted by molar-refractivity contribution is -0.385. The quantitative estimate of drug-likeness (QED) is 0.637. The number of hydrogen-bond acceptors (Lipinski definition) is 6. The van der Waals surface area contributed by atoms with E-state index in [0.717, 1.165) is 6.07 Å². The van der Waals surface area contributed by atoms with E-state index < -0.39 is 14.9 Å². The number of non-ortho nitro benzene ring substituents is 1. The van der Waals surface area contributed by atoms with Crippen molar-refractivity contribution >= 4 is 15.7 Å². The number of oxazole rings is 1.